The summed E-state index contributed by atoms with van der Waals surface area (Å²) in [5.74, 6) is 0. The number of furan rings is 1. The minimum absolute atomic E-state index is 0. The molecule has 0 saturated heterocycles. The van der Waals surface area contributed by atoms with Crippen LogP contribution >= 0.6 is 0 Å². The van der Waals surface area contributed by atoms with E-state index in [-0.39, 0.29) is 36.9 Å². The van der Waals surface area contributed by atoms with Gasteiger partial charge in [-0.05, 0) is 49.1 Å². The quantitative estimate of drug-likeness (QED) is 0.171. The van der Waals surface area contributed by atoms with Crippen molar-refractivity contribution in [2.24, 2.45) is 0 Å². The second kappa shape index (κ2) is 11.3. The molecule has 39 heavy (non-hydrogen) atoms. The fourth-order valence-corrected chi connectivity index (χ4v) is 4.29. The predicted octanol–water partition coefficient (Wildman–Crippen LogP) is 8.47. The maximum Gasteiger partial charge on any atom is 0.128 e. The van der Waals surface area contributed by atoms with Crippen LogP contribution in [0.1, 0.15) is 29.2 Å². The molecule has 0 unspecified atom stereocenters. The summed E-state index contributed by atoms with van der Waals surface area (Å²) < 4.78 is 73.8. The van der Waals surface area contributed by atoms with Gasteiger partial charge in [0.2, 0.25) is 0 Å². The summed E-state index contributed by atoms with van der Waals surface area (Å²) in [4.78, 5) is 12.5. The van der Waals surface area contributed by atoms with Crippen LogP contribution in [0.2, 0.25) is 0 Å². The van der Waals surface area contributed by atoms with Crippen molar-refractivity contribution >= 4 is 32.7 Å². The molecule has 0 spiro atoms. The number of benzene rings is 3. The van der Waals surface area contributed by atoms with E-state index in [2.05, 4.69) is 27.1 Å². The van der Waals surface area contributed by atoms with E-state index in [0.29, 0.717) is 33.2 Å². The Labute approximate surface area is 253 Å². The van der Waals surface area contributed by atoms with Crippen molar-refractivity contribution in [3.63, 3.8) is 0 Å². The molecule has 0 fully saturated rings. The van der Waals surface area contributed by atoms with Crippen LogP contribution in [0.3, 0.4) is 0 Å². The standard InChI is InChI=1S/C22H15N2O.C12H10N.Ir/c1-13-6-9-20(24-12-13)19-5-3-4-16-17-8-7-15-14(2)23-11-10-18(15)21(17)25-22(16)19;1-10-7-8-12(13-9-10)11-5-3-2-4-6-11;/h3-4,6-12H,1-2H3;2-5,7-9H,1H3;/q2*-1;/i1D3,2D3;1D3;. The Morgan fingerprint density at radius 1 is 0.641 bits per heavy atom. The number of pyridine rings is 3. The van der Waals surface area contributed by atoms with Crippen LogP contribution in [0, 0.1) is 32.7 Å². The van der Waals surface area contributed by atoms with Gasteiger partial charge in [-0.3, -0.25) is 4.98 Å². The zero-order chi connectivity index (χ0) is 33.6. The molecule has 0 aliphatic rings. The van der Waals surface area contributed by atoms with E-state index in [4.69, 9.17) is 16.8 Å². The molecule has 0 aliphatic carbocycles. The Balaban J connectivity index is 0.000000224. The molecule has 0 atom stereocenters. The van der Waals surface area contributed by atoms with Gasteiger partial charge < -0.3 is 14.4 Å². The Bertz CT molecular complexity index is 2190. The third-order valence-corrected chi connectivity index (χ3v) is 6.11. The third kappa shape index (κ3) is 5.24. The molecular formula is C34H25IrN3O-2. The van der Waals surface area contributed by atoms with Gasteiger partial charge in [0.25, 0.3) is 0 Å². The first-order valence-corrected chi connectivity index (χ1v) is 11.8. The van der Waals surface area contributed by atoms with Gasteiger partial charge in [-0.1, -0.05) is 47.3 Å². The van der Waals surface area contributed by atoms with Crippen molar-refractivity contribution in [2.45, 2.75) is 20.6 Å². The molecule has 0 bridgehead atoms. The summed E-state index contributed by atoms with van der Waals surface area (Å²) in [6.07, 6.45) is 4.20. The van der Waals surface area contributed by atoms with Gasteiger partial charge in [0.05, 0.1) is 5.58 Å². The first-order valence-electron chi connectivity index (χ1n) is 16.3. The van der Waals surface area contributed by atoms with Crippen molar-refractivity contribution in [1.82, 2.24) is 15.0 Å². The number of hydrogen-bond donors (Lipinski definition) is 0. The van der Waals surface area contributed by atoms with E-state index in [1.165, 1.54) is 24.7 Å². The Morgan fingerprint density at radius 3 is 2.08 bits per heavy atom. The molecule has 5 heteroatoms. The van der Waals surface area contributed by atoms with Crippen LogP contribution in [-0.4, -0.2) is 15.0 Å². The van der Waals surface area contributed by atoms with Crippen LogP contribution in [0.4, 0.5) is 0 Å². The molecule has 0 aliphatic heterocycles. The summed E-state index contributed by atoms with van der Waals surface area (Å²) in [6.45, 7) is -6.66. The molecule has 4 heterocycles. The maximum absolute atomic E-state index is 7.76. The molecule has 0 N–H and O–H groups in total. The van der Waals surface area contributed by atoms with Crippen LogP contribution < -0.4 is 0 Å². The SMILES string of the molecule is [2H]C([2H])([2H])c1ccc(-c2[c-]ccc3c2oc2c4ccnc(C([2H])([2H])[2H])c4ccc32)nc1.[2H]C([2H])([2H])c1ccc(-c2[c-]cccc2)nc1.[Ir]. The molecule has 0 saturated carbocycles. The number of nitrogens with zero attached hydrogens (tertiary/aromatic N) is 3. The fraction of sp³-hybridized carbons (Fsp3) is 0.0882. The van der Waals surface area contributed by atoms with Crippen molar-refractivity contribution in [1.29, 1.82) is 0 Å². The molecule has 7 rings (SSSR count). The second-order valence-corrected chi connectivity index (χ2v) is 8.53. The summed E-state index contributed by atoms with van der Waals surface area (Å²) >= 11 is 0. The van der Waals surface area contributed by atoms with E-state index >= 15 is 0 Å². The zero-order valence-electron chi connectivity index (χ0n) is 29.3. The molecule has 7 aromatic rings. The Kier molecular flexibility index (Phi) is 5.04. The molecule has 0 amide bonds. The topological polar surface area (TPSA) is 51.8 Å². The number of rotatable bonds is 2. The summed E-state index contributed by atoms with van der Waals surface area (Å²) in [5, 5.41) is 2.84. The molecular weight excluding hydrogens is 659 g/mol. The summed E-state index contributed by atoms with van der Waals surface area (Å²) in [5.41, 5.74) is 4.27. The van der Waals surface area contributed by atoms with Gasteiger partial charge in [0.15, 0.2) is 0 Å². The van der Waals surface area contributed by atoms with Crippen LogP contribution in [0.5, 0.6) is 0 Å². The average Bonchev–Trinajstić information content (AvgIpc) is 3.44. The average molecular weight is 693 g/mol. The second-order valence-electron chi connectivity index (χ2n) is 8.53. The van der Waals surface area contributed by atoms with E-state index < -0.39 is 20.6 Å². The number of aromatic nitrogens is 3. The number of aryl methyl sites for hydroxylation is 3. The van der Waals surface area contributed by atoms with Gasteiger partial charge in [-0.2, -0.15) is 0 Å². The van der Waals surface area contributed by atoms with Gasteiger partial charge >= 0.3 is 0 Å². The van der Waals surface area contributed by atoms with E-state index in [0.717, 1.165) is 22.0 Å². The largest absolute Gasteiger partial charge is 0.500 e. The van der Waals surface area contributed by atoms with Gasteiger partial charge in [0.1, 0.15) is 5.58 Å². The fourth-order valence-electron chi connectivity index (χ4n) is 4.29. The summed E-state index contributed by atoms with van der Waals surface area (Å²) in [7, 11) is 0. The zero-order valence-corrected chi connectivity index (χ0v) is 22.7. The molecule has 4 aromatic heterocycles. The van der Waals surface area contributed by atoms with Crippen molar-refractivity contribution in [3.8, 4) is 22.5 Å². The van der Waals surface area contributed by atoms with Crippen LogP contribution in [0.25, 0.3) is 55.2 Å². The third-order valence-electron chi connectivity index (χ3n) is 6.11. The molecule has 193 valence electrons. The van der Waals surface area contributed by atoms with Crippen molar-refractivity contribution < 1.29 is 36.9 Å². The van der Waals surface area contributed by atoms with Crippen molar-refractivity contribution in [3.05, 3.63) is 126 Å². The minimum Gasteiger partial charge on any atom is -0.500 e. The molecule has 1 radical (unpaired) electrons. The van der Waals surface area contributed by atoms with Gasteiger partial charge in [0, 0.05) is 72.9 Å². The first kappa shape index (κ1) is 17.4. The van der Waals surface area contributed by atoms with Crippen LogP contribution in [0.15, 0.2) is 102 Å². The van der Waals surface area contributed by atoms with Gasteiger partial charge in [-0.15, -0.1) is 54.1 Å². The van der Waals surface area contributed by atoms with Crippen molar-refractivity contribution in [2.75, 3.05) is 0 Å². The van der Waals surface area contributed by atoms with E-state index in [9.17, 15) is 0 Å². The van der Waals surface area contributed by atoms with E-state index in [1.54, 1.807) is 42.5 Å². The normalized spacial score (nSPS) is 15.1. The number of hydrogen-bond acceptors (Lipinski definition) is 4. The van der Waals surface area contributed by atoms with Gasteiger partial charge in [-0.25, -0.2) is 0 Å². The smallest absolute Gasteiger partial charge is 0.128 e. The molecule has 4 nitrogen and oxygen atoms in total. The Hall–Kier alpha value is -4.18. The first-order chi connectivity index (χ1) is 22.2. The monoisotopic (exact) mass is 693 g/mol. The predicted molar refractivity (Wildman–Crippen MR) is 154 cm³/mol. The maximum atomic E-state index is 7.76. The van der Waals surface area contributed by atoms with E-state index in [1.807, 2.05) is 30.3 Å². The van der Waals surface area contributed by atoms with Crippen LogP contribution in [-0.2, 0) is 20.1 Å². The Morgan fingerprint density at radius 2 is 1.38 bits per heavy atom. The molecule has 3 aromatic carbocycles. The number of fused-ring (bicyclic) bond motifs is 5. The summed E-state index contributed by atoms with van der Waals surface area (Å²) in [6, 6.07) is 29.0. The minimum atomic E-state index is -2.34.